The van der Waals surface area contributed by atoms with Crippen molar-refractivity contribution < 1.29 is 37.6 Å². The second-order valence-corrected chi connectivity index (χ2v) is 17.1. The summed E-state index contributed by atoms with van der Waals surface area (Å²) in [6, 6.07) is 0. The Balaban J connectivity index is 2.31. The number of rotatable bonds is 40. The van der Waals surface area contributed by atoms with E-state index in [2.05, 4.69) is 48.4 Å². The maximum atomic E-state index is 12.7. The third-order valence-corrected chi connectivity index (χ3v) is 11.3. The van der Waals surface area contributed by atoms with Gasteiger partial charge >= 0.3 is 19.8 Å². The van der Waals surface area contributed by atoms with Crippen LogP contribution in [0, 0.1) is 0 Å². The first-order valence-electron chi connectivity index (χ1n) is 23.1. The number of carbonyl (C=O) groups excluding carboxylic acids is 2. The van der Waals surface area contributed by atoms with Gasteiger partial charge in [-0.15, -0.1) is 0 Å². The summed E-state index contributed by atoms with van der Waals surface area (Å²) in [6.07, 6.45) is 39.3. The number of phosphoric acid groups is 1. The number of unbranched alkanes of at least 4 members (excludes halogenated alkanes) is 22. The lowest BCUT2D eigenvalue weighted by atomic mass is 10.1. The molecule has 1 fully saturated rings. The van der Waals surface area contributed by atoms with E-state index in [1.165, 1.54) is 89.9 Å². The van der Waals surface area contributed by atoms with Gasteiger partial charge in [0.25, 0.3) is 0 Å². The van der Waals surface area contributed by atoms with Crippen molar-refractivity contribution in [2.45, 2.75) is 200 Å². The summed E-state index contributed by atoms with van der Waals surface area (Å²) < 4.78 is 34.0. The Kier molecular flexibility index (Phi) is 36.5. The second kappa shape index (κ2) is 38.9. The normalized spacial score (nSPS) is 15.4. The van der Waals surface area contributed by atoms with Crippen LogP contribution in [0.1, 0.15) is 194 Å². The Morgan fingerprint density at radius 3 is 1.52 bits per heavy atom. The van der Waals surface area contributed by atoms with Gasteiger partial charge < -0.3 is 19.7 Å². The second-order valence-electron chi connectivity index (χ2n) is 15.7. The van der Waals surface area contributed by atoms with E-state index in [1.807, 2.05) is 0 Å². The summed E-state index contributed by atoms with van der Waals surface area (Å²) in [4.78, 5) is 37.7. The quantitative estimate of drug-likeness (QED) is 0.0267. The van der Waals surface area contributed by atoms with Crippen molar-refractivity contribution in [1.82, 2.24) is 10.2 Å². The Labute approximate surface area is 343 Å². The third-order valence-electron chi connectivity index (χ3n) is 10.3. The standard InChI is InChI=1S/C45H85N2O8P/c1-3-5-7-9-11-13-15-17-19-21-23-25-27-29-31-33-44(48)52-41-43(42-54-56(50,51)53-40-39-47-37-35-46-36-38-47)55-45(49)34-32-30-28-26-24-22-20-18-16-14-12-10-8-6-4-2/h17-20,43,46H,3-16,21-42H2,1-2H3,(H,50,51)/b19-17-,20-18-/t43-/m1/s1. The van der Waals surface area contributed by atoms with E-state index in [1.54, 1.807) is 0 Å². The average Bonchev–Trinajstić information content (AvgIpc) is 3.19. The van der Waals surface area contributed by atoms with Crippen LogP contribution < -0.4 is 5.32 Å². The molecule has 1 heterocycles. The summed E-state index contributed by atoms with van der Waals surface area (Å²) in [5.74, 6) is -0.808. The van der Waals surface area contributed by atoms with Crippen LogP contribution >= 0.6 is 7.82 Å². The Morgan fingerprint density at radius 2 is 1.04 bits per heavy atom. The number of hydrogen-bond donors (Lipinski definition) is 2. The van der Waals surface area contributed by atoms with Gasteiger partial charge in [0.15, 0.2) is 6.10 Å². The fourth-order valence-electron chi connectivity index (χ4n) is 6.73. The third kappa shape index (κ3) is 35.6. The van der Waals surface area contributed by atoms with E-state index in [-0.39, 0.29) is 32.0 Å². The number of nitrogens with one attached hydrogen (secondary N) is 1. The van der Waals surface area contributed by atoms with Gasteiger partial charge in [0.2, 0.25) is 0 Å². The summed E-state index contributed by atoms with van der Waals surface area (Å²) >= 11 is 0. The van der Waals surface area contributed by atoms with Gasteiger partial charge in [-0.05, 0) is 64.2 Å². The van der Waals surface area contributed by atoms with Crippen LogP contribution in [0.25, 0.3) is 0 Å². The molecule has 0 aromatic heterocycles. The maximum Gasteiger partial charge on any atom is 0.472 e. The number of allylic oxidation sites excluding steroid dienone is 4. The molecule has 2 N–H and O–H groups in total. The molecular formula is C45H85N2O8P. The summed E-state index contributed by atoms with van der Waals surface area (Å²) in [5, 5.41) is 3.27. The van der Waals surface area contributed by atoms with E-state index in [0.717, 1.165) is 96.8 Å². The van der Waals surface area contributed by atoms with Crippen LogP contribution in [0.3, 0.4) is 0 Å². The molecule has 0 spiro atoms. The molecule has 56 heavy (non-hydrogen) atoms. The van der Waals surface area contributed by atoms with Crippen LogP contribution in [0.15, 0.2) is 24.3 Å². The maximum absolute atomic E-state index is 12.7. The predicted molar refractivity (Wildman–Crippen MR) is 231 cm³/mol. The van der Waals surface area contributed by atoms with Crippen molar-refractivity contribution in [2.75, 3.05) is 52.5 Å². The van der Waals surface area contributed by atoms with E-state index in [9.17, 15) is 19.0 Å². The molecule has 1 rings (SSSR count). The topological polar surface area (TPSA) is 124 Å². The Hall–Kier alpha value is -1.55. The van der Waals surface area contributed by atoms with Crippen molar-refractivity contribution in [3.05, 3.63) is 24.3 Å². The highest BCUT2D eigenvalue weighted by atomic mass is 31.2. The van der Waals surface area contributed by atoms with E-state index < -0.39 is 26.5 Å². The number of nitrogens with zero attached hydrogens (tertiary/aromatic N) is 1. The molecule has 0 aromatic rings. The molecule has 1 unspecified atom stereocenters. The molecule has 0 saturated carbocycles. The Morgan fingerprint density at radius 1 is 0.607 bits per heavy atom. The monoisotopic (exact) mass is 813 g/mol. The summed E-state index contributed by atoms with van der Waals surface area (Å²) in [6.45, 7) is 7.84. The number of phosphoric ester groups is 1. The molecule has 0 amide bonds. The highest BCUT2D eigenvalue weighted by molar-refractivity contribution is 7.47. The lowest BCUT2D eigenvalue weighted by molar-refractivity contribution is -0.161. The largest absolute Gasteiger partial charge is 0.472 e. The smallest absolute Gasteiger partial charge is 0.462 e. The minimum atomic E-state index is -4.39. The van der Waals surface area contributed by atoms with Gasteiger partial charge in [0, 0.05) is 45.6 Å². The fourth-order valence-corrected chi connectivity index (χ4v) is 7.48. The zero-order valence-corrected chi connectivity index (χ0v) is 36.9. The number of ether oxygens (including phenoxy) is 2. The highest BCUT2D eigenvalue weighted by Crippen LogP contribution is 2.43. The van der Waals surface area contributed by atoms with Gasteiger partial charge in [-0.1, -0.05) is 141 Å². The van der Waals surface area contributed by atoms with Crippen LogP contribution in [0.2, 0.25) is 0 Å². The molecule has 2 atom stereocenters. The summed E-state index contributed by atoms with van der Waals surface area (Å²) in [7, 11) is -4.39. The minimum Gasteiger partial charge on any atom is -0.462 e. The van der Waals surface area contributed by atoms with Gasteiger partial charge in [-0.3, -0.25) is 23.5 Å². The number of carbonyl (C=O) groups is 2. The first kappa shape index (κ1) is 52.5. The molecular weight excluding hydrogens is 727 g/mol. The van der Waals surface area contributed by atoms with E-state index in [0.29, 0.717) is 13.0 Å². The van der Waals surface area contributed by atoms with Crippen LogP contribution in [0.4, 0.5) is 0 Å². The van der Waals surface area contributed by atoms with Crippen LogP contribution in [0.5, 0.6) is 0 Å². The van der Waals surface area contributed by atoms with Crippen molar-refractivity contribution in [2.24, 2.45) is 0 Å². The first-order valence-corrected chi connectivity index (χ1v) is 24.6. The highest BCUT2D eigenvalue weighted by Gasteiger charge is 2.26. The van der Waals surface area contributed by atoms with Crippen molar-refractivity contribution in [3.63, 3.8) is 0 Å². The van der Waals surface area contributed by atoms with Crippen molar-refractivity contribution in [3.8, 4) is 0 Å². The lowest BCUT2D eigenvalue weighted by Gasteiger charge is -2.27. The van der Waals surface area contributed by atoms with Crippen molar-refractivity contribution in [1.29, 1.82) is 0 Å². The average molecular weight is 813 g/mol. The number of esters is 2. The summed E-state index contributed by atoms with van der Waals surface area (Å²) in [5.41, 5.74) is 0. The number of hydrogen-bond acceptors (Lipinski definition) is 9. The van der Waals surface area contributed by atoms with Gasteiger partial charge in [-0.2, -0.15) is 0 Å². The van der Waals surface area contributed by atoms with Gasteiger partial charge in [0.1, 0.15) is 6.61 Å². The predicted octanol–water partition coefficient (Wildman–Crippen LogP) is 11.6. The lowest BCUT2D eigenvalue weighted by Crippen LogP contribution is -2.44. The number of piperazine rings is 1. The molecule has 1 aliphatic heterocycles. The van der Waals surface area contributed by atoms with Crippen LogP contribution in [-0.4, -0.2) is 80.4 Å². The minimum absolute atomic E-state index is 0.0403. The van der Waals surface area contributed by atoms with Crippen molar-refractivity contribution >= 4 is 19.8 Å². The molecule has 1 saturated heterocycles. The SMILES string of the molecule is CCCCCCCC/C=C\CCCCCCCC(=O)OC[C@H](COP(=O)(O)OCCN1CCNCC1)OC(=O)CCCCCCC/C=C\CCCCCCCC. The zero-order chi connectivity index (χ0) is 40.6. The molecule has 328 valence electrons. The molecule has 11 heteroatoms. The molecule has 0 aliphatic carbocycles. The molecule has 1 aliphatic rings. The molecule has 0 aromatic carbocycles. The van der Waals surface area contributed by atoms with Gasteiger partial charge in [-0.25, -0.2) is 4.57 Å². The molecule has 0 radical (unpaired) electrons. The fraction of sp³-hybridized carbons (Fsp3) is 0.867. The van der Waals surface area contributed by atoms with E-state index in [4.69, 9.17) is 18.5 Å². The zero-order valence-electron chi connectivity index (χ0n) is 36.0. The Bertz CT molecular complexity index is 1020. The molecule has 10 nitrogen and oxygen atoms in total. The van der Waals surface area contributed by atoms with Gasteiger partial charge in [0.05, 0.1) is 13.2 Å². The first-order chi connectivity index (χ1) is 27.4. The molecule has 0 bridgehead atoms. The van der Waals surface area contributed by atoms with Crippen LogP contribution in [-0.2, 0) is 32.7 Å². The van der Waals surface area contributed by atoms with E-state index >= 15 is 0 Å².